The number of rotatable bonds is 5. The van der Waals surface area contributed by atoms with Crippen molar-refractivity contribution in [1.29, 1.82) is 0 Å². The van der Waals surface area contributed by atoms with Gasteiger partial charge in [0, 0.05) is 25.2 Å². The third kappa shape index (κ3) is 4.79. The molecule has 1 fully saturated rings. The van der Waals surface area contributed by atoms with Crippen LogP contribution in [-0.2, 0) is 23.0 Å². The molecule has 6 nitrogen and oxygen atoms in total. The molecular formula is C21H26N2O4S. The lowest BCUT2D eigenvalue weighted by Gasteiger charge is -2.26. The highest BCUT2D eigenvalue weighted by atomic mass is 32.2. The van der Waals surface area contributed by atoms with Gasteiger partial charge in [-0.2, -0.15) is 0 Å². The summed E-state index contributed by atoms with van der Waals surface area (Å²) in [5.74, 6) is -0.100. The summed E-state index contributed by atoms with van der Waals surface area (Å²) in [5.41, 5.74) is 4.38. The molecule has 0 radical (unpaired) electrons. The molecule has 7 heteroatoms. The van der Waals surface area contributed by atoms with E-state index in [9.17, 15) is 18.3 Å². The Hall–Kier alpha value is -2.22. The maximum atomic E-state index is 12.6. The van der Waals surface area contributed by atoms with Crippen molar-refractivity contribution in [1.82, 2.24) is 9.80 Å². The molecule has 0 aromatic heterocycles. The summed E-state index contributed by atoms with van der Waals surface area (Å²) in [5, 5.41) is 9.77. The van der Waals surface area contributed by atoms with Crippen molar-refractivity contribution in [3.63, 3.8) is 0 Å². The Labute approximate surface area is 166 Å². The normalized spacial score (nSPS) is 16.4. The van der Waals surface area contributed by atoms with Gasteiger partial charge in [0.15, 0.2) is 9.84 Å². The number of hydrogen-bond acceptors (Lipinski definition) is 5. The molecule has 28 heavy (non-hydrogen) atoms. The minimum atomic E-state index is -3.01. The van der Waals surface area contributed by atoms with Gasteiger partial charge in [-0.05, 0) is 48.5 Å². The molecule has 1 amide bonds. The first-order valence-electron chi connectivity index (χ1n) is 9.26. The summed E-state index contributed by atoms with van der Waals surface area (Å²) >= 11 is 0. The number of sulfone groups is 1. The molecule has 0 atom stereocenters. The summed E-state index contributed by atoms with van der Waals surface area (Å²) in [6, 6.07) is 13.3. The number of aliphatic hydroxyl groups excluding tert-OH is 1. The second-order valence-electron chi connectivity index (χ2n) is 7.41. The first kappa shape index (κ1) is 20.5. The van der Waals surface area contributed by atoms with E-state index in [0.29, 0.717) is 5.56 Å². The van der Waals surface area contributed by atoms with Gasteiger partial charge in [-0.1, -0.05) is 30.3 Å². The van der Waals surface area contributed by atoms with E-state index >= 15 is 0 Å². The number of amides is 1. The van der Waals surface area contributed by atoms with Crippen molar-refractivity contribution in [2.75, 3.05) is 38.7 Å². The number of aliphatic hydroxyl groups is 1. The summed E-state index contributed by atoms with van der Waals surface area (Å²) in [4.78, 5) is 16.3. The molecule has 0 saturated carbocycles. The Kier molecular flexibility index (Phi) is 6.17. The van der Waals surface area contributed by atoms with Crippen LogP contribution in [0.1, 0.15) is 21.5 Å². The van der Waals surface area contributed by atoms with Gasteiger partial charge in [-0.15, -0.1) is 0 Å². The summed E-state index contributed by atoms with van der Waals surface area (Å²) < 4.78 is 23.1. The zero-order valence-electron chi connectivity index (χ0n) is 16.3. The fraction of sp³-hybridized carbons (Fsp3) is 0.381. The van der Waals surface area contributed by atoms with Crippen molar-refractivity contribution in [2.45, 2.75) is 13.2 Å². The number of carbonyl (C=O) groups is 1. The SMILES string of the molecule is CN(C)Cc1ccc(-c2ccc(C(=O)N3CCS(=O)(=O)CC3)cc2)c(CO)c1. The molecule has 3 rings (SSSR count). The molecule has 1 aliphatic heterocycles. The summed E-state index contributed by atoms with van der Waals surface area (Å²) in [6.07, 6.45) is 0. The molecule has 1 saturated heterocycles. The Bertz CT molecular complexity index is 939. The van der Waals surface area contributed by atoms with E-state index in [2.05, 4.69) is 4.90 Å². The molecule has 150 valence electrons. The number of benzene rings is 2. The summed E-state index contributed by atoms with van der Waals surface area (Å²) in [6.45, 7) is 1.22. The third-order valence-electron chi connectivity index (χ3n) is 4.91. The van der Waals surface area contributed by atoms with Crippen LogP contribution in [0.15, 0.2) is 42.5 Å². The first-order valence-corrected chi connectivity index (χ1v) is 11.1. The molecule has 1 heterocycles. The van der Waals surface area contributed by atoms with E-state index in [1.165, 1.54) is 0 Å². The van der Waals surface area contributed by atoms with Crippen LogP contribution in [0.4, 0.5) is 0 Å². The quantitative estimate of drug-likeness (QED) is 0.825. The van der Waals surface area contributed by atoms with Gasteiger partial charge in [-0.25, -0.2) is 8.42 Å². The van der Waals surface area contributed by atoms with Crippen LogP contribution in [0.2, 0.25) is 0 Å². The van der Waals surface area contributed by atoms with Crippen molar-refractivity contribution in [2.24, 2.45) is 0 Å². The van der Waals surface area contributed by atoms with E-state index in [4.69, 9.17) is 0 Å². The molecule has 2 aromatic carbocycles. The highest BCUT2D eigenvalue weighted by molar-refractivity contribution is 7.91. The topological polar surface area (TPSA) is 77.9 Å². The minimum Gasteiger partial charge on any atom is -0.392 e. The van der Waals surface area contributed by atoms with Gasteiger partial charge in [-0.3, -0.25) is 4.79 Å². The van der Waals surface area contributed by atoms with Gasteiger partial charge >= 0.3 is 0 Å². The monoisotopic (exact) mass is 402 g/mol. The smallest absolute Gasteiger partial charge is 0.253 e. The predicted molar refractivity (Wildman–Crippen MR) is 110 cm³/mol. The lowest BCUT2D eigenvalue weighted by Crippen LogP contribution is -2.43. The van der Waals surface area contributed by atoms with E-state index in [0.717, 1.165) is 28.8 Å². The van der Waals surface area contributed by atoms with Gasteiger partial charge in [0.05, 0.1) is 18.1 Å². The molecule has 1 N–H and O–H groups in total. The van der Waals surface area contributed by atoms with Gasteiger partial charge in [0.2, 0.25) is 0 Å². The minimum absolute atomic E-state index is 0.0238. The van der Waals surface area contributed by atoms with E-state index in [-0.39, 0.29) is 37.1 Å². The number of carbonyl (C=O) groups excluding carboxylic acids is 1. The van der Waals surface area contributed by atoms with Crippen LogP contribution in [-0.4, -0.2) is 67.9 Å². The second kappa shape index (κ2) is 8.43. The zero-order chi connectivity index (χ0) is 20.3. The number of hydrogen-bond donors (Lipinski definition) is 1. The Balaban J connectivity index is 1.78. The van der Waals surface area contributed by atoms with Crippen LogP contribution < -0.4 is 0 Å². The lowest BCUT2D eigenvalue weighted by molar-refractivity contribution is 0.0770. The fourth-order valence-electron chi connectivity index (χ4n) is 3.41. The second-order valence-corrected chi connectivity index (χ2v) is 9.71. The summed E-state index contributed by atoms with van der Waals surface area (Å²) in [7, 11) is 0.986. The third-order valence-corrected chi connectivity index (χ3v) is 6.52. The van der Waals surface area contributed by atoms with Crippen LogP contribution in [0.5, 0.6) is 0 Å². The lowest BCUT2D eigenvalue weighted by atomic mass is 9.96. The number of nitrogens with zero attached hydrogens (tertiary/aromatic N) is 2. The standard InChI is InChI=1S/C21H26N2O4S/c1-22(2)14-16-3-8-20(19(13-16)15-24)17-4-6-18(7-5-17)21(25)23-9-11-28(26,27)12-10-23/h3-8,13,24H,9-12,14-15H2,1-2H3. The average molecular weight is 403 g/mol. The molecule has 2 aromatic rings. The Morgan fingerprint density at radius 2 is 1.71 bits per heavy atom. The highest BCUT2D eigenvalue weighted by Crippen LogP contribution is 2.26. The maximum Gasteiger partial charge on any atom is 0.253 e. The van der Waals surface area contributed by atoms with Crippen molar-refractivity contribution >= 4 is 15.7 Å². The van der Waals surface area contributed by atoms with Crippen molar-refractivity contribution < 1.29 is 18.3 Å². The molecule has 0 bridgehead atoms. The van der Waals surface area contributed by atoms with Gasteiger partial charge < -0.3 is 14.9 Å². The predicted octanol–water partition coefficient (Wildman–Crippen LogP) is 1.78. The van der Waals surface area contributed by atoms with Gasteiger partial charge in [0.25, 0.3) is 5.91 Å². The maximum absolute atomic E-state index is 12.6. The first-order chi connectivity index (χ1) is 13.3. The van der Waals surface area contributed by atoms with Crippen LogP contribution in [0, 0.1) is 0 Å². The fourth-order valence-corrected chi connectivity index (χ4v) is 4.61. The largest absolute Gasteiger partial charge is 0.392 e. The molecule has 0 aliphatic carbocycles. The zero-order valence-corrected chi connectivity index (χ0v) is 17.1. The Morgan fingerprint density at radius 1 is 1.07 bits per heavy atom. The van der Waals surface area contributed by atoms with Crippen LogP contribution >= 0.6 is 0 Å². The van der Waals surface area contributed by atoms with Crippen molar-refractivity contribution in [3.05, 3.63) is 59.2 Å². The van der Waals surface area contributed by atoms with E-state index in [1.54, 1.807) is 17.0 Å². The van der Waals surface area contributed by atoms with E-state index in [1.807, 2.05) is 44.4 Å². The van der Waals surface area contributed by atoms with Gasteiger partial charge in [0.1, 0.15) is 0 Å². The highest BCUT2D eigenvalue weighted by Gasteiger charge is 2.25. The molecular weight excluding hydrogens is 376 g/mol. The molecule has 1 aliphatic rings. The van der Waals surface area contributed by atoms with Crippen LogP contribution in [0.3, 0.4) is 0 Å². The molecule has 0 unspecified atom stereocenters. The average Bonchev–Trinajstić information content (AvgIpc) is 2.67. The Morgan fingerprint density at radius 3 is 2.29 bits per heavy atom. The molecule has 0 spiro atoms. The van der Waals surface area contributed by atoms with E-state index < -0.39 is 9.84 Å². The van der Waals surface area contributed by atoms with Crippen molar-refractivity contribution in [3.8, 4) is 11.1 Å². The van der Waals surface area contributed by atoms with Crippen LogP contribution in [0.25, 0.3) is 11.1 Å².